The molecule has 0 aromatic carbocycles. The van der Waals surface area contributed by atoms with Crippen molar-refractivity contribution < 1.29 is 68.3 Å². The van der Waals surface area contributed by atoms with Crippen molar-refractivity contribution in [2.45, 2.75) is 129 Å². The van der Waals surface area contributed by atoms with Crippen LogP contribution in [0.2, 0.25) is 18.5 Å². The first-order chi connectivity index (χ1) is 22.3. The number of hydrogen-bond acceptors (Lipinski definition) is 17. The van der Waals surface area contributed by atoms with Gasteiger partial charge in [0, 0.05) is 19.4 Å². The van der Waals surface area contributed by atoms with Gasteiger partial charge in [0.2, 0.25) is 5.91 Å². The van der Waals surface area contributed by atoms with Gasteiger partial charge in [-0.15, -0.1) is 0 Å². The van der Waals surface area contributed by atoms with Crippen LogP contribution < -0.4 is 17.2 Å². The second kappa shape index (κ2) is 35.1. The SMILES string of the molecule is CC[C@H](CC(=O)[C@@H](N)CC)B(C)O.CC[C@H](N)C(=O)C[C@@H](C)B(O)O.CC[C@H](N)C(=O)N1CCC[C@H]1B(O)O.O=C=O.O=C=O.O=C=O. The lowest BCUT2D eigenvalue weighted by Crippen LogP contribution is -2.51. The molecule has 1 amide bonds. The van der Waals surface area contributed by atoms with Crippen LogP contribution in [-0.2, 0) is 43.2 Å². The fraction of sp³-hybridized carbons (Fsp3) is 0.778. The van der Waals surface area contributed by atoms with Crippen LogP contribution in [0.15, 0.2) is 0 Å². The van der Waals surface area contributed by atoms with Gasteiger partial charge in [0.05, 0.1) is 24.1 Å². The second-order valence-electron chi connectivity index (χ2n) is 10.6. The third-order valence-corrected chi connectivity index (χ3v) is 7.09. The molecule has 11 N–H and O–H groups in total. The third-order valence-electron chi connectivity index (χ3n) is 7.09. The predicted molar refractivity (Wildman–Crippen MR) is 171 cm³/mol. The van der Waals surface area contributed by atoms with Crippen LogP contribution in [0.25, 0.3) is 0 Å². The van der Waals surface area contributed by atoms with Crippen molar-refractivity contribution in [2.24, 2.45) is 17.2 Å². The number of Topliss-reactive ketones (excluding diaryl/α,β-unsaturated/α-hetero) is 2. The molecule has 0 aromatic heterocycles. The number of hydrogen-bond donors (Lipinski definition) is 8. The number of nitrogens with two attached hydrogens (primary N) is 3. The summed E-state index contributed by atoms with van der Waals surface area (Å²) in [6.07, 6.45) is 5.39. The van der Waals surface area contributed by atoms with E-state index in [-0.39, 0.29) is 54.2 Å². The van der Waals surface area contributed by atoms with E-state index in [0.29, 0.717) is 38.6 Å². The van der Waals surface area contributed by atoms with E-state index in [1.54, 1.807) is 13.7 Å². The molecular weight excluding hydrogens is 637 g/mol. The van der Waals surface area contributed by atoms with Crippen molar-refractivity contribution in [1.82, 2.24) is 4.90 Å². The Morgan fingerprint density at radius 2 is 1.10 bits per heavy atom. The standard InChI is InChI=1S/C9H20BNO2.C8H17BN2O3.C7H16BNO3.3CO2/c1-4-7(10(3)13)6-9(12)8(11)5-2;1-2-6(10)8(12)11-5-3-4-7(11)9(13)14;1-3-6(9)7(10)4-5(2)8(11)12;3*2-1-3/h7-8,13H,4-6,11H2,1-3H3;6-7,13-14H,2-5,10H2,1H3;5-6,11-12H,3-4,9H2,1-2H3;;;/t7-,8+;6-,7-;5-,6+;;;/m101.../s1. The molecular formula is C27H53B3N4O14. The summed E-state index contributed by atoms with van der Waals surface area (Å²) in [7, 11) is -2.89. The summed E-state index contributed by atoms with van der Waals surface area (Å²) >= 11 is 0. The van der Waals surface area contributed by atoms with E-state index >= 15 is 0 Å². The molecule has 274 valence electrons. The predicted octanol–water partition coefficient (Wildman–Crippen LogP) is -2.40. The smallest absolute Gasteiger partial charge is 0.450 e. The van der Waals surface area contributed by atoms with Gasteiger partial charge in [0.1, 0.15) is 11.6 Å². The zero-order valence-electron chi connectivity index (χ0n) is 28.6. The highest BCUT2D eigenvalue weighted by atomic mass is 16.4. The lowest BCUT2D eigenvalue weighted by atomic mass is 9.56. The van der Waals surface area contributed by atoms with E-state index in [1.165, 1.54) is 4.90 Å². The van der Waals surface area contributed by atoms with Crippen LogP contribution in [-0.4, -0.2) is 118 Å². The number of ketones is 2. The molecule has 18 nitrogen and oxygen atoms in total. The van der Waals surface area contributed by atoms with Gasteiger partial charge in [-0.25, -0.2) is 0 Å². The van der Waals surface area contributed by atoms with Gasteiger partial charge in [-0.1, -0.05) is 47.9 Å². The Kier molecular flexibility index (Phi) is 39.7. The molecule has 0 spiro atoms. The van der Waals surface area contributed by atoms with Crippen molar-refractivity contribution in [3.8, 4) is 0 Å². The van der Waals surface area contributed by atoms with Crippen molar-refractivity contribution in [2.75, 3.05) is 6.54 Å². The van der Waals surface area contributed by atoms with Gasteiger partial charge < -0.3 is 47.2 Å². The molecule has 0 aliphatic carbocycles. The minimum Gasteiger partial charge on any atom is -0.450 e. The van der Waals surface area contributed by atoms with Crippen LogP contribution in [0.5, 0.6) is 0 Å². The van der Waals surface area contributed by atoms with Gasteiger partial charge in [0.15, 0.2) is 0 Å². The van der Waals surface area contributed by atoms with Crippen LogP contribution in [0.3, 0.4) is 0 Å². The Morgan fingerprint density at radius 1 is 0.729 bits per heavy atom. The molecule has 21 heteroatoms. The van der Waals surface area contributed by atoms with Gasteiger partial charge in [-0.2, -0.15) is 28.8 Å². The van der Waals surface area contributed by atoms with Gasteiger partial charge >= 0.3 is 32.7 Å². The molecule has 0 saturated carbocycles. The second-order valence-corrected chi connectivity index (χ2v) is 10.6. The van der Waals surface area contributed by atoms with Gasteiger partial charge in [-0.05, 0) is 43.7 Å². The molecule has 1 aliphatic heterocycles. The molecule has 0 bridgehead atoms. The molecule has 1 fully saturated rings. The first kappa shape index (κ1) is 54.3. The summed E-state index contributed by atoms with van der Waals surface area (Å²) in [5.41, 5.74) is 16.6. The van der Waals surface area contributed by atoms with E-state index in [4.69, 9.17) is 66.1 Å². The summed E-state index contributed by atoms with van der Waals surface area (Å²) in [4.78, 5) is 84.5. The number of nitrogens with zero attached hydrogens (tertiary/aromatic N) is 1. The van der Waals surface area contributed by atoms with E-state index in [1.807, 2.05) is 27.7 Å². The number of likely N-dealkylation sites (tertiary alicyclic amines) is 1. The summed E-state index contributed by atoms with van der Waals surface area (Å²) in [6, 6.07) is -1.34. The Hall–Kier alpha value is -3.18. The maximum Gasteiger partial charge on any atom is 0.475 e. The van der Waals surface area contributed by atoms with Crippen LogP contribution >= 0.6 is 0 Å². The van der Waals surface area contributed by atoms with Crippen molar-refractivity contribution in [3.05, 3.63) is 0 Å². The fourth-order valence-corrected chi connectivity index (χ4v) is 3.86. The lowest BCUT2D eigenvalue weighted by Gasteiger charge is -2.26. The highest BCUT2D eigenvalue weighted by molar-refractivity contribution is 6.50. The molecule has 1 aliphatic rings. The first-order valence-corrected chi connectivity index (χ1v) is 15.3. The van der Waals surface area contributed by atoms with Crippen molar-refractivity contribution in [3.63, 3.8) is 0 Å². The summed E-state index contributed by atoms with van der Waals surface area (Å²) in [5.74, 6) is -1.07. The van der Waals surface area contributed by atoms with E-state index in [0.717, 1.165) is 12.8 Å². The normalized spacial score (nSPS) is 15.4. The molecule has 1 rings (SSSR count). The minimum atomic E-state index is -1.45. The zero-order valence-corrected chi connectivity index (χ0v) is 28.6. The van der Waals surface area contributed by atoms with E-state index < -0.39 is 45.0 Å². The monoisotopic (exact) mass is 690 g/mol. The topological polar surface area (TPSA) is 336 Å². The van der Waals surface area contributed by atoms with Crippen LogP contribution in [0, 0.1) is 0 Å². The van der Waals surface area contributed by atoms with Crippen LogP contribution in [0.1, 0.15) is 86.0 Å². The molecule has 48 heavy (non-hydrogen) atoms. The summed E-state index contributed by atoms with van der Waals surface area (Å²) < 4.78 is 0. The Balaban J connectivity index is -0.000000171. The molecule has 6 atom stereocenters. The third kappa shape index (κ3) is 29.0. The quantitative estimate of drug-likeness (QED) is 0.0880. The molecule has 1 heterocycles. The largest absolute Gasteiger partial charge is 0.475 e. The van der Waals surface area contributed by atoms with E-state index in [2.05, 4.69) is 0 Å². The maximum atomic E-state index is 11.7. The Labute approximate surface area is 282 Å². The average molecular weight is 690 g/mol. The molecule has 0 aromatic rings. The number of amides is 1. The summed E-state index contributed by atoms with van der Waals surface area (Å²) in [5, 5.41) is 44.8. The number of carbonyl (C=O) groups is 3. The molecule has 0 radical (unpaired) electrons. The van der Waals surface area contributed by atoms with Crippen LogP contribution in [0.4, 0.5) is 0 Å². The molecule has 0 unspecified atom stereocenters. The number of carbonyl (C=O) groups excluding carboxylic acids is 9. The highest BCUT2D eigenvalue weighted by Gasteiger charge is 2.38. The molecule has 1 saturated heterocycles. The highest BCUT2D eigenvalue weighted by Crippen LogP contribution is 2.20. The van der Waals surface area contributed by atoms with Gasteiger partial charge in [-0.3, -0.25) is 14.4 Å². The Morgan fingerprint density at radius 3 is 1.40 bits per heavy atom. The lowest BCUT2D eigenvalue weighted by molar-refractivity contribution is -0.193. The maximum absolute atomic E-state index is 11.7. The van der Waals surface area contributed by atoms with E-state index in [9.17, 15) is 19.4 Å². The zero-order chi connectivity index (χ0) is 39.0. The average Bonchev–Trinajstić information content (AvgIpc) is 3.54. The summed E-state index contributed by atoms with van der Waals surface area (Å²) in [6.45, 7) is 11.0. The minimum absolute atomic E-state index is 0.0603. The van der Waals surface area contributed by atoms with Crippen molar-refractivity contribution in [1.29, 1.82) is 0 Å². The Bertz CT molecular complexity index is 931. The number of rotatable bonds is 14. The van der Waals surface area contributed by atoms with Gasteiger partial charge in [0.25, 0.3) is 6.92 Å². The van der Waals surface area contributed by atoms with Crippen molar-refractivity contribution >= 4 is 57.1 Å². The fourth-order valence-electron chi connectivity index (χ4n) is 3.86. The first-order valence-electron chi connectivity index (χ1n) is 15.3.